The van der Waals surface area contributed by atoms with Gasteiger partial charge in [-0.05, 0) is 135 Å². The molecule has 0 aliphatic carbocycles. The normalized spacial score (nSPS) is 14.8. The first kappa shape index (κ1) is 70.0. The highest BCUT2D eigenvalue weighted by Gasteiger charge is 2.44. The third-order valence-corrected chi connectivity index (χ3v) is 17.0. The molecule has 0 bridgehead atoms. The first-order valence-corrected chi connectivity index (χ1v) is 33.3. The molecule has 16 nitrogen and oxygen atoms in total. The van der Waals surface area contributed by atoms with E-state index in [1.165, 1.54) is 75.6 Å². The number of unbranched alkanes of at least 4 members (excludes halogenated alkanes) is 3. The second kappa shape index (κ2) is 35.8. The second-order valence-electron chi connectivity index (χ2n) is 24.5. The first-order chi connectivity index (χ1) is 44.7. The van der Waals surface area contributed by atoms with Gasteiger partial charge in [0.05, 0.1) is 69.3 Å². The van der Waals surface area contributed by atoms with Crippen LogP contribution in [0, 0.1) is 0 Å². The van der Waals surface area contributed by atoms with Gasteiger partial charge in [-0.3, -0.25) is 19.7 Å². The van der Waals surface area contributed by atoms with Crippen LogP contribution in [0.5, 0.6) is 0 Å². The number of carbonyl (C=O) groups excluding carboxylic acids is 3. The molecule has 92 heavy (non-hydrogen) atoms. The molecule has 0 radical (unpaired) electrons. The molecule has 2 aliphatic rings. The third-order valence-electron chi connectivity index (χ3n) is 17.0. The Morgan fingerprint density at radius 1 is 0.609 bits per heavy atom. The highest BCUT2D eigenvalue weighted by Crippen LogP contribution is 2.48. The summed E-state index contributed by atoms with van der Waals surface area (Å²) in [6.45, 7) is 25.8. The molecule has 0 unspecified atom stereocenters. The van der Waals surface area contributed by atoms with Crippen LogP contribution in [0.3, 0.4) is 0 Å². The first-order valence-electron chi connectivity index (χ1n) is 33.3. The lowest BCUT2D eigenvalue weighted by atomic mass is 9.81. The van der Waals surface area contributed by atoms with Crippen molar-refractivity contribution in [2.24, 2.45) is 5.73 Å². The Morgan fingerprint density at radius 2 is 1.26 bits per heavy atom. The molecule has 0 spiro atoms. The fourth-order valence-corrected chi connectivity index (χ4v) is 11.9. The van der Waals surface area contributed by atoms with E-state index in [1.54, 1.807) is 24.3 Å². The summed E-state index contributed by atoms with van der Waals surface area (Å²) in [7, 11) is 0. The Kier molecular flexibility index (Phi) is 27.3. The van der Waals surface area contributed by atoms with Gasteiger partial charge in [0, 0.05) is 97.5 Å². The molecule has 0 fully saturated rings. The zero-order valence-corrected chi connectivity index (χ0v) is 55.5. The van der Waals surface area contributed by atoms with E-state index in [0.29, 0.717) is 103 Å². The molecule has 0 saturated heterocycles. The molecule has 8 rings (SSSR count). The maximum absolute atomic E-state index is 13.1. The molecule has 490 valence electrons. The number of carbonyl (C=O) groups is 3. The summed E-state index contributed by atoms with van der Waals surface area (Å²) in [5, 5.41) is 9.37. The van der Waals surface area contributed by atoms with E-state index in [-0.39, 0.29) is 22.3 Å². The van der Waals surface area contributed by atoms with Gasteiger partial charge in [0.15, 0.2) is 5.71 Å². The van der Waals surface area contributed by atoms with Crippen LogP contribution in [-0.2, 0) is 52.4 Å². The van der Waals surface area contributed by atoms with Crippen LogP contribution in [0.4, 0.5) is 17.3 Å². The van der Waals surface area contributed by atoms with E-state index in [0.717, 1.165) is 69.4 Å². The Bertz CT molecular complexity index is 3540. The van der Waals surface area contributed by atoms with E-state index in [1.807, 2.05) is 29.7 Å². The maximum atomic E-state index is 13.1. The Balaban J connectivity index is 0.670. The van der Waals surface area contributed by atoms with Gasteiger partial charge < -0.3 is 49.5 Å². The number of hydrogen-bond acceptors (Lipinski definition) is 11. The molecule has 0 saturated carbocycles. The number of ether oxygens (including phenoxy) is 5. The summed E-state index contributed by atoms with van der Waals surface area (Å²) < 4.78 is 33.0. The zero-order chi connectivity index (χ0) is 65.1. The summed E-state index contributed by atoms with van der Waals surface area (Å²) in [6, 6.07) is 38.9. The minimum Gasteiger partial charge on any atom is -0.379 e. The van der Waals surface area contributed by atoms with E-state index >= 15 is 0 Å². The summed E-state index contributed by atoms with van der Waals surface area (Å²) in [4.78, 5) is 44.5. The molecule has 3 heterocycles. The van der Waals surface area contributed by atoms with Crippen molar-refractivity contribution in [3.8, 4) is 0 Å². The maximum Gasteiger partial charge on any atom is 0.257 e. The Labute approximate surface area is 546 Å². The van der Waals surface area contributed by atoms with Crippen LogP contribution in [0.1, 0.15) is 148 Å². The number of nitrogens with zero attached hydrogens (tertiary/aromatic N) is 4. The molecule has 6 aromatic rings. The smallest absolute Gasteiger partial charge is 0.257 e. The summed E-state index contributed by atoms with van der Waals surface area (Å²) >= 11 is 0. The van der Waals surface area contributed by atoms with Crippen molar-refractivity contribution in [1.29, 1.82) is 0 Å². The van der Waals surface area contributed by atoms with Crippen LogP contribution in [0.15, 0.2) is 151 Å². The number of fused-ring (bicyclic) bond motifs is 3. The number of allylic oxidation sites excluding steroid dienone is 6. The van der Waals surface area contributed by atoms with Crippen molar-refractivity contribution < 1.29 is 42.6 Å². The number of amides is 3. The van der Waals surface area contributed by atoms with Gasteiger partial charge in [0.25, 0.3) is 5.91 Å². The lowest BCUT2D eigenvalue weighted by Crippen LogP contribution is -2.28. The van der Waals surface area contributed by atoms with Crippen molar-refractivity contribution in [3.05, 3.63) is 190 Å². The SMILES string of the molecule is CCCCC[N+]1=C(/C=C/C(=C/C=C2/N(CCCC)c3ccccc3C2(C)C)c2ccc(CNCCCOCCOCCOCCOCCOCCCNC(=O)/C=C/c3ccc4c(c3)nc(NC(=O)c3cccc(C(N)=O)c3)n4CCC)cc2)C(C)(C)c2ccccc21. The van der Waals surface area contributed by atoms with Gasteiger partial charge >= 0.3 is 0 Å². The molecule has 16 heteroatoms. The van der Waals surface area contributed by atoms with Crippen LogP contribution < -0.4 is 26.6 Å². The Hall–Kier alpha value is -7.83. The summed E-state index contributed by atoms with van der Waals surface area (Å²) in [5.41, 5.74) is 19.8. The average Bonchev–Trinajstić information content (AvgIpc) is 1.63. The predicted molar refractivity (Wildman–Crippen MR) is 372 cm³/mol. The minimum absolute atomic E-state index is 0.122. The van der Waals surface area contributed by atoms with E-state index in [2.05, 4.69) is 169 Å². The zero-order valence-electron chi connectivity index (χ0n) is 55.5. The predicted octanol–water partition coefficient (Wildman–Crippen LogP) is 13.3. The number of aryl methyl sites for hydroxylation is 1. The van der Waals surface area contributed by atoms with E-state index < -0.39 is 11.8 Å². The molecule has 2 aliphatic heterocycles. The van der Waals surface area contributed by atoms with Crippen molar-refractivity contribution in [3.63, 3.8) is 0 Å². The highest BCUT2D eigenvalue weighted by molar-refractivity contribution is 6.06. The van der Waals surface area contributed by atoms with Gasteiger partial charge in [-0.15, -0.1) is 0 Å². The molecular formula is C76H99N8O8+. The third kappa shape index (κ3) is 19.4. The average molecular weight is 1250 g/mol. The summed E-state index contributed by atoms with van der Waals surface area (Å²) in [5.74, 6) is -0.844. The molecular weight excluding hydrogens is 1150 g/mol. The van der Waals surface area contributed by atoms with Crippen LogP contribution in [-0.4, -0.2) is 130 Å². The van der Waals surface area contributed by atoms with Gasteiger partial charge in [-0.25, -0.2) is 4.98 Å². The van der Waals surface area contributed by atoms with Gasteiger partial charge in [0.1, 0.15) is 6.54 Å². The van der Waals surface area contributed by atoms with Crippen molar-refractivity contribution in [1.82, 2.24) is 20.2 Å². The molecule has 5 N–H and O–H groups in total. The van der Waals surface area contributed by atoms with Crippen molar-refractivity contribution in [2.45, 2.75) is 124 Å². The molecule has 1 aromatic heterocycles. The standard InChI is InChI=1S/C76H98N8O8/c1-8-11-17-43-83-67-26-16-14-24-64(67)76(6,7)70(83)37-34-60(33-36-69-75(4,5)63-23-13-15-25-66(63)82(69)42-12-9-2)59-31-27-58(28-32-59)56-78-39-19-44-88-46-48-90-50-52-92-53-51-91-49-47-89-45-20-40-79-71(85)38-30-57-29-35-68-65(54-57)80-74(84(68)41-10-3)81-73(87)62-22-18-21-61(55-62)72(77)86/h13-16,18,21-38,54-55,78H,8-12,17,19-20,39-53,56H2,1-7H3,(H3-,77,79,80,81,85,86,87)/p+1/b38-30+. The number of para-hydroxylation sites is 2. The largest absolute Gasteiger partial charge is 0.379 e. The number of nitrogens with one attached hydrogen (secondary N) is 3. The monoisotopic (exact) mass is 1250 g/mol. The van der Waals surface area contributed by atoms with E-state index in [4.69, 9.17) is 29.4 Å². The number of anilines is 2. The van der Waals surface area contributed by atoms with Crippen molar-refractivity contribution in [2.75, 3.05) is 102 Å². The van der Waals surface area contributed by atoms with Crippen LogP contribution in [0.2, 0.25) is 0 Å². The lowest BCUT2D eigenvalue weighted by molar-refractivity contribution is -0.438. The van der Waals surface area contributed by atoms with Crippen LogP contribution >= 0.6 is 0 Å². The second-order valence-corrected chi connectivity index (χ2v) is 24.5. The molecule has 0 atom stereocenters. The number of nitrogens with two attached hydrogens (primary N) is 1. The summed E-state index contributed by atoms with van der Waals surface area (Å²) in [6.07, 6.45) is 21.0. The minimum atomic E-state index is -0.611. The number of rotatable bonds is 40. The number of hydrogen-bond donors (Lipinski definition) is 4. The topological polar surface area (TPSA) is 184 Å². The lowest BCUT2D eigenvalue weighted by Gasteiger charge is -2.27. The molecule has 5 aromatic carbocycles. The highest BCUT2D eigenvalue weighted by atomic mass is 16.6. The van der Waals surface area contributed by atoms with E-state index in [9.17, 15) is 14.4 Å². The molecule has 3 amide bonds. The van der Waals surface area contributed by atoms with Crippen molar-refractivity contribution >= 4 is 63.4 Å². The van der Waals surface area contributed by atoms with Crippen LogP contribution in [0.25, 0.3) is 22.7 Å². The quantitative estimate of drug-likeness (QED) is 0.0124. The Morgan fingerprint density at radius 3 is 1.95 bits per heavy atom. The number of primary amides is 1. The van der Waals surface area contributed by atoms with Gasteiger partial charge in [0.2, 0.25) is 23.5 Å². The number of imidazole rings is 1. The number of benzene rings is 5. The van der Waals surface area contributed by atoms with Gasteiger partial charge in [-0.1, -0.05) is 126 Å². The fraction of sp³-hybridized carbons (Fsp3) is 0.434. The van der Waals surface area contributed by atoms with Gasteiger partial charge in [-0.2, -0.15) is 4.58 Å². The fourth-order valence-electron chi connectivity index (χ4n) is 11.9. The number of aromatic nitrogens is 2.